The molecule has 2 rings (SSSR count). The smallest absolute Gasteiger partial charge is 0.314 e. The van der Waals surface area contributed by atoms with Crippen LogP contribution in [-0.4, -0.2) is 11.1 Å². The Morgan fingerprint density at radius 1 is 1.20 bits per heavy atom. The Bertz CT molecular complexity index is 439. The predicted molar refractivity (Wildman–Crippen MR) is 44.9 cm³/mol. The first kappa shape index (κ1) is 10.0. The second kappa shape index (κ2) is 2.98. The van der Waals surface area contributed by atoms with E-state index in [1.165, 1.54) is 0 Å². The van der Waals surface area contributed by atoms with Crippen molar-refractivity contribution in [2.24, 2.45) is 0 Å². The molecule has 0 aromatic heterocycles. The van der Waals surface area contributed by atoms with Gasteiger partial charge in [0.05, 0.1) is 5.41 Å². The summed E-state index contributed by atoms with van der Waals surface area (Å²) >= 11 is 0. The summed E-state index contributed by atoms with van der Waals surface area (Å²) in [7, 11) is 0. The topological polar surface area (TPSA) is 37.3 Å². The van der Waals surface area contributed by atoms with Crippen LogP contribution < -0.4 is 0 Å². The predicted octanol–water partition coefficient (Wildman–Crippen LogP) is 2.22. The molecule has 1 aromatic carbocycles. The summed E-state index contributed by atoms with van der Waals surface area (Å²) in [4.78, 5) is 10.8. The van der Waals surface area contributed by atoms with Crippen LogP contribution >= 0.6 is 0 Å². The first-order chi connectivity index (χ1) is 6.99. The van der Waals surface area contributed by atoms with Gasteiger partial charge >= 0.3 is 5.97 Å². The number of benzene rings is 1. The maximum absolute atomic E-state index is 13.3. The van der Waals surface area contributed by atoms with Crippen molar-refractivity contribution in [2.75, 3.05) is 0 Å². The van der Waals surface area contributed by atoms with Gasteiger partial charge in [0.25, 0.3) is 0 Å². The normalized spacial score (nSPS) is 17.5. The summed E-state index contributed by atoms with van der Waals surface area (Å²) in [5.74, 6) is -5.51. The van der Waals surface area contributed by atoms with Gasteiger partial charge in [-0.05, 0) is 18.9 Å². The first-order valence-corrected chi connectivity index (χ1v) is 4.36. The monoisotopic (exact) mass is 216 g/mol. The molecule has 1 saturated carbocycles. The Balaban J connectivity index is 2.55. The minimum absolute atomic E-state index is 0.254. The number of carbonyl (C=O) groups is 1. The first-order valence-electron chi connectivity index (χ1n) is 4.36. The van der Waals surface area contributed by atoms with Gasteiger partial charge < -0.3 is 5.11 Å². The lowest BCUT2D eigenvalue weighted by Crippen LogP contribution is -2.21. The number of halogens is 3. The molecule has 0 bridgehead atoms. The summed E-state index contributed by atoms with van der Waals surface area (Å²) in [5, 5.41) is 8.86. The number of hydrogen-bond donors (Lipinski definition) is 1. The van der Waals surface area contributed by atoms with E-state index in [4.69, 9.17) is 5.11 Å². The number of hydrogen-bond acceptors (Lipinski definition) is 1. The van der Waals surface area contributed by atoms with Gasteiger partial charge in [-0.3, -0.25) is 4.79 Å². The maximum Gasteiger partial charge on any atom is 0.314 e. The maximum atomic E-state index is 13.3. The standard InChI is InChI=1S/C10H7F3O2/c11-6-2-1-5(7(12)8(6)13)10(3-4-10)9(14)15/h1-2H,3-4H2,(H,14,15). The third-order valence-corrected chi connectivity index (χ3v) is 2.71. The molecule has 1 N–H and O–H groups in total. The van der Waals surface area contributed by atoms with Crippen molar-refractivity contribution in [3.05, 3.63) is 35.1 Å². The zero-order valence-corrected chi connectivity index (χ0v) is 7.56. The van der Waals surface area contributed by atoms with E-state index < -0.39 is 28.8 Å². The van der Waals surface area contributed by atoms with Crippen LogP contribution in [-0.2, 0) is 10.2 Å². The van der Waals surface area contributed by atoms with Crippen molar-refractivity contribution < 1.29 is 23.1 Å². The molecule has 1 aromatic rings. The molecule has 5 heteroatoms. The highest BCUT2D eigenvalue weighted by Gasteiger charge is 2.53. The lowest BCUT2D eigenvalue weighted by Gasteiger charge is -2.11. The van der Waals surface area contributed by atoms with Crippen LogP contribution in [0.15, 0.2) is 12.1 Å². The van der Waals surface area contributed by atoms with Gasteiger partial charge in [0.1, 0.15) is 0 Å². The van der Waals surface area contributed by atoms with Crippen molar-refractivity contribution in [2.45, 2.75) is 18.3 Å². The van der Waals surface area contributed by atoms with E-state index in [2.05, 4.69) is 0 Å². The van der Waals surface area contributed by atoms with Gasteiger partial charge in [0.15, 0.2) is 17.5 Å². The summed E-state index contributed by atoms with van der Waals surface area (Å²) in [6, 6.07) is 1.74. The van der Waals surface area contributed by atoms with Gasteiger partial charge in [-0.15, -0.1) is 0 Å². The zero-order valence-electron chi connectivity index (χ0n) is 7.56. The molecule has 15 heavy (non-hydrogen) atoms. The second-order valence-electron chi connectivity index (χ2n) is 3.61. The molecule has 0 heterocycles. The molecule has 1 fully saturated rings. The highest BCUT2D eigenvalue weighted by atomic mass is 19.2. The van der Waals surface area contributed by atoms with Crippen molar-refractivity contribution in [3.63, 3.8) is 0 Å². The van der Waals surface area contributed by atoms with Crippen molar-refractivity contribution in [3.8, 4) is 0 Å². The summed E-state index contributed by atoms with van der Waals surface area (Å²) in [6.07, 6.45) is 0.509. The van der Waals surface area contributed by atoms with E-state index in [1.807, 2.05) is 0 Å². The average molecular weight is 216 g/mol. The number of carboxylic acids is 1. The molecule has 1 aliphatic rings. The zero-order chi connectivity index (χ0) is 11.2. The van der Waals surface area contributed by atoms with Crippen LogP contribution in [0, 0.1) is 17.5 Å². The third kappa shape index (κ3) is 1.30. The average Bonchev–Trinajstić information content (AvgIpc) is 2.95. The van der Waals surface area contributed by atoms with Crippen molar-refractivity contribution in [1.29, 1.82) is 0 Å². The van der Waals surface area contributed by atoms with E-state index in [9.17, 15) is 18.0 Å². The second-order valence-corrected chi connectivity index (χ2v) is 3.61. The summed E-state index contributed by atoms with van der Waals surface area (Å²) in [6.45, 7) is 0. The van der Waals surface area contributed by atoms with Gasteiger partial charge in [-0.2, -0.15) is 0 Å². The molecular weight excluding hydrogens is 209 g/mol. The van der Waals surface area contributed by atoms with Crippen LogP contribution in [0.25, 0.3) is 0 Å². The summed E-state index contributed by atoms with van der Waals surface area (Å²) < 4.78 is 38.8. The molecule has 0 saturated heterocycles. The Morgan fingerprint density at radius 2 is 1.80 bits per heavy atom. The van der Waals surface area contributed by atoms with E-state index in [0.717, 1.165) is 12.1 Å². The highest BCUT2D eigenvalue weighted by Crippen LogP contribution is 2.49. The van der Waals surface area contributed by atoms with E-state index >= 15 is 0 Å². The fraction of sp³-hybridized carbons (Fsp3) is 0.300. The largest absolute Gasteiger partial charge is 0.481 e. The highest BCUT2D eigenvalue weighted by molar-refractivity contribution is 5.84. The third-order valence-electron chi connectivity index (χ3n) is 2.71. The lowest BCUT2D eigenvalue weighted by atomic mass is 9.95. The number of aliphatic carboxylic acids is 1. The quantitative estimate of drug-likeness (QED) is 0.769. The van der Waals surface area contributed by atoms with Gasteiger partial charge in [-0.25, -0.2) is 13.2 Å². The van der Waals surface area contributed by atoms with Crippen LogP contribution in [0.1, 0.15) is 18.4 Å². The molecule has 1 aliphatic carbocycles. The fourth-order valence-corrected chi connectivity index (χ4v) is 1.62. The van der Waals surface area contributed by atoms with Crippen molar-refractivity contribution in [1.82, 2.24) is 0 Å². The van der Waals surface area contributed by atoms with Crippen molar-refractivity contribution >= 4 is 5.97 Å². The molecule has 0 amide bonds. The molecule has 0 aliphatic heterocycles. The van der Waals surface area contributed by atoms with E-state index in [1.54, 1.807) is 0 Å². The Labute approximate surface area is 83.3 Å². The Hall–Kier alpha value is -1.52. The Kier molecular flexibility index (Phi) is 1.99. The molecule has 0 spiro atoms. The van der Waals surface area contributed by atoms with E-state index in [0.29, 0.717) is 0 Å². The minimum atomic E-state index is -1.61. The fourth-order valence-electron chi connectivity index (χ4n) is 1.62. The van der Waals surface area contributed by atoms with Gasteiger partial charge in [-0.1, -0.05) is 6.07 Å². The molecule has 0 radical (unpaired) electrons. The molecular formula is C10H7F3O2. The van der Waals surface area contributed by atoms with Crippen LogP contribution in [0.4, 0.5) is 13.2 Å². The van der Waals surface area contributed by atoms with E-state index in [-0.39, 0.29) is 18.4 Å². The number of carboxylic acid groups (broad SMARTS) is 1. The Morgan fingerprint density at radius 3 is 2.27 bits per heavy atom. The van der Waals surface area contributed by atoms with Gasteiger partial charge in [0.2, 0.25) is 0 Å². The minimum Gasteiger partial charge on any atom is -0.481 e. The molecule has 0 atom stereocenters. The van der Waals surface area contributed by atoms with Crippen LogP contribution in [0.5, 0.6) is 0 Å². The van der Waals surface area contributed by atoms with Gasteiger partial charge in [0, 0.05) is 5.56 Å². The lowest BCUT2D eigenvalue weighted by molar-refractivity contribution is -0.140. The molecule has 2 nitrogen and oxygen atoms in total. The van der Waals surface area contributed by atoms with Crippen LogP contribution in [0.3, 0.4) is 0 Å². The summed E-state index contributed by atoms with van der Waals surface area (Å²) in [5.41, 5.74) is -1.62. The molecule has 0 unspecified atom stereocenters. The van der Waals surface area contributed by atoms with Crippen LogP contribution in [0.2, 0.25) is 0 Å². The SMILES string of the molecule is O=C(O)C1(c2ccc(F)c(F)c2F)CC1. The number of rotatable bonds is 2. The molecule has 80 valence electrons.